The van der Waals surface area contributed by atoms with Crippen LogP contribution in [-0.2, 0) is 9.53 Å². The van der Waals surface area contributed by atoms with Gasteiger partial charge in [0, 0.05) is 12.1 Å². The molecule has 0 saturated carbocycles. The van der Waals surface area contributed by atoms with Crippen molar-refractivity contribution in [1.29, 1.82) is 5.26 Å². The predicted octanol–water partition coefficient (Wildman–Crippen LogP) is 3.10. The molecule has 1 fully saturated rings. The summed E-state index contributed by atoms with van der Waals surface area (Å²) < 4.78 is 16.0. The summed E-state index contributed by atoms with van der Waals surface area (Å²) in [7, 11) is 3.18. The van der Waals surface area contributed by atoms with Gasteiger partial charge in [0.15, 0.2) is 6.61 Å². The molecule has 0 N–H and O–H groups in total. The molecule has 0 aliphatic carbocycles. The molecule has 0 spiro atoms. The largest absolute Gasteiger partial charge is 0.497 e. The van der Waals surface area contributed by atoms with Crippen molar-refractivity contribution < 1.29 is 23.8 Å². The molecule has 3 rings (SSSR count). The maximum atomic E-state index is 12.8. The van der Waals surface area contributed by atoms with Gasteiger partial charge in [-0.1, -0.05) is 0 Å². The zero-order valence-electron chi connectivity index (χ0n) is 16.4. The summed E-state index contributed by atoms with van der Waals surface area (Å²) in [5.41, 5.74) is 1.62. The molecule has 1 aliphatic heterocycles. The molecule has 29 heavy (non-hydrogen) atoms. The Morgan fingerprint density at radius 1 is 1.14 bits per heavy atom. The number of hydrogen-bond acceptors (Lipinski definition) is 6. The highest BCUT2D eigenvalue weighted by Crippen LogP contribution is 2.38. The molecule has 1 atom stereocenters. The van der Waals surface area contributed by atoms with E-state index in [2.05, 4.69) is 0 Å². The lowest BCUT2D eigenvalue weighted by atomic mass is 10.0. The number of carbonyl (C=O) groups is 2. The van der Waals surface area contributed by atoms with Crippen molar-refractivity contribution in [3.63, 3.8) is 0 Å². The minimum atomic E-state index is -0.599. The van der Waals surface area contributed by atoms with E-state index in [1.165, 1.54) is 24.3 Å². The van der Waals surface area contributed by atoms with Crippen molar-refractivity contribution in [2.45, 2.75) is 18.9 Å². The molecular formula is C22H22N2O5. The molecule has 1 unspecified atom stereocenters. The van der Waals surface area contributed by atoms with Crippen molar-refractivity contribution in [2.24, 2.45) is 0 Å². The van der Waals surface area contributed by atoms with Crippen molar-refractivity contribution >= 4 is 11.9 Å². The Bertz CT molecular complexity index is 933. The van der Waals surface area contributed by atoms with Crippen LogP contribution < -0.4 is 9.47 Å². The van der Waals surface area contributed by atoms with Crippen LogP contribution in [0.4, 0.5) is 0 Å². The second kappa shape index (κ2) is 9.11. The van der Waals surface area contributed by atoms with Crippen molar-refractivity contribution in [3.05, 3.63) is 59.2 Å². The van der Waals surface area contributed by atoms with Gasteiger partial charge in [0.1, 0.15) is 11.5 Å². The first kappa shape index (κ1) is 20.2. The Kier molecular flexibility index (Phi) is 6.35. The Balaban J connectivity index is 1.69. The fourth-order valence-electron chi connectivity index (χ4n) is 3.46. The fraction of sp³-hybridized carbons (Fsp3) is 0.318. The number of nitriles is 1. The molecule has 1 amide bonds. The third-order valence-corrected chi connectivity index (χ3v) is 4.95. The van der Waals surface area contributed by atoms with Crippen LogP contribution in [0.3, 0.4) is 0 Å². The lowest BCUT2D eigenvalue weighted by Crippen LogP contribution is -2.34. The Morgan fingerprint density at radius 3 is 2.55 bits per heavy atom. The standard InChI is InChI=1S/C22H22N2O5/c1-27-17-9-10-20(28-2)18(12-17)19-4-3-11-24(19)21(25)14-29-22(26)16-7-5-15(13-23)6-8-16/h5-10,12,19H,3-4,11,14H2,1-2H3. The molecule has 150 valence electrons. The van der Waals surface area contributed by atoms with Gasteiger partial charge in [0.25, 0.3) is 5.91 Å². The third kappa shape index (κ3) is 4.49. The van der Waals surface area contributed by atoms with Crippen LogP contribution in [0, 0.1) is 11.3 Å². The maximum absolute atomic E-state index is 12.8. The van der Waals surface area contributed by atoms with Crippen LogP contribution in [0.2, 0.25) is 0 Å². The third-order valence-electron chi connectivity index (χ3n) is 4.95. The molecular weight excluding hydrogens is 372 g/mol. The summed E-state index contributed by atoms with van der Waals surface area (Å²) >= 11 is 0. The van der Waals surface area contributed by atoms with E-state index in [-0.39, 0.29) is 18.6 Å². The number of benzene rings is 2. The highest BCUT2D eigenvalue weighted by atomic mass is 16.5. The number of ether oxygens (including phenoxy) is 3. The predicted molar refractivity (Wildman–Crippen MR) is 105 cm³/mol. The smallest absolute Gasteiger partial charge is 0.338 e. The molecule has 2 aromatic carbocycles. The minimum absolute atomic E-state index is 0.166. The van der Waals surface area contributed by atoms with Crippen LogP contribution in [0.15, 0.2) is 42.5 Å². The van der Waals surface area contributed by atoms with E-state index in [9.17, 15) is 9.59 Å². The van der Waals surface area contributed by atoms with E-state index < -0.39 is 5.97 Å². The molecule has 1 saturated heterocycles. The lowest BCUT2D eigenvalue weighted by molar-refractivity contribution is -0.135. The summed E-state index contributed by atoms with van der Waals surface area (Å²) in [6.07, 6.45) is 1.64. The van der Waals surface area contributed by atoms with Crippen LogP contribution in [0.5, 0.6) is 11.5 Å². The topological polar surface area (TPSA) is 88.9 Å². The number of hydrogen-bond donors (Lipinski definition) is 0. The van der Waals surface area contributed by atoms with E-state index in [0.29, 0.717) is 29.2 Å². The monoisotopic (exact) mass is 394 g/mol. The summed E-state index contributed by atoms with van der Waals surface area (Å²) in [6.45, 7) is 0.236. The second-order valence-corrected chi connectivity index (χ2v) is 6.62. The van der Waals surface area contributed by atoms with Crippen molar-refractivity contribution in [1.82, 2.24) is 4.90 Å². The van der Waals surface area contributed by atoms with E-state index in [1.54, 1.807) is 19.1 Å². The number of nitrogens with zero attached hydrogens (tertiary/aromatic N) is 2. The van der Waals surface area contributed by atoms with Gasteiger partial charge in [-0.2, -0.15) is 5.26 Å². The summed E-state index contributed by atoms with van der Waals surface area (Å²) in [5, 5.41) is 8.82. The van der Waals surface area contributed by atoms with Gasteiger partial charge in [-0.3, -0.25) is 4.79 Å². The zero-order valence-corrected chi connectivity index (χ0v) is 16.4. The Labute approximate surface area is 169 Å². The minimum Gasteiger partial charge on any atom is -0.497 e. The van der Waals surface area contributed by atoms with Gasteiger partial charge in [-0.05, 0) is 55.3 Å². The first-order valence-corrected chi connectivity index (χ1v) is 9.26. The van der Waals surface area contributed by atoms with Crippen LogP contribution in [0.25, 0.3) is 0 Å². The Hall–Kier alpha value is -3.53. The molecule has 7 nitrogen and oxygen atoms in total. The number of esters is 1. The average Bonchev–Trinajstić information content (AvgIpc) is 3.26. The Morgan fingerprint density at radius 2 is 1.90 bits per heavy atom. The number of rotatable bonds is 6. The molecule has 2 aromatic rings. The lowest BCUT2D eigenvalue weighted by Gasteiger charge is -2.26. The van der Waals surface area contributed by atoms with Gasteiger partial charge in [0.2, 0.25) is 0 Å². The number of likely N-dealkylation sites (tertiary alicyclic amines) is 1. The van der Waals surface area contributed by atoms with E-state index in [4.69, 9.17) is 19.5 Å². The summed E-state index contributed by atoms with van der Waals surface area (Å²) in [4.78, 5) is 26.7. The van der Waals surface area contributed by atoms with Crippen LogP contribution in [0.1, 0.15) is 40.4 Å². The number of amides is 1. The first-order chi connectivity index (χ1) is 14.1. The van der Waals surface area contributed by atoms with Crippen LogP contribution in [-0.4, -0.2) is 44.1 Å². The van der Waals surface area contributed by atoms with Crippen molar-refractivity contribution in [2.75, 3.05) is 27.4 Å². The first-order valence-electron chi connectivity index (χ1n) is 9.26. The second-order valence-electron chi connectivity index (χ2n) is 6.62. The summed E-state index contributed by atoms with van der Waals surface area (Å²) in [6, 6.07) is 13.4. The fourth-order valence-corrected chi connectivity index (χ4v) is 3.46. The molecule has 0 aromatic heterocycles. The quantitative estimate of drug-likeness (QED) is 0.700. The summed E-state index contributed by atoms with van der Waals surface area (Å²) in [5.74, 6) is 0.509. The van der Waals surface area contributed by atoms with Gasteiger partial charge >= 0.3 is 5.97 Å². The average molecular weight is 394 g/mol. The van der Waals surface area contributed by atoms with Gasteiger partial charge in [-0.25, -0.2) is 4.79 Å². The van der Waals surface area contributed by atoms with Crippen LogP contribution >= 0.6 is 0 Å². The van der Waals surface area contributed by atoms with E-state index in [0.717, 1.165) is 18.4 Å². The van der Waals surface area contributed by atoms with Gasteiger partial charge in [0.05, 0.1) is 37.5 Å². The van der Waals surface area contributed by atoms with E-state index >= 15 is 0 Å². The zero-order chi connectivity index (χ0) is 20.8. The normalized spacial score (nSPS) is 15.5. The van der Waals surface area contributed by atoms with Gasteiger partial charge < -0.3 is 19.1 Å². The highest BCUT2D eigenvalue weighted by molar-refractivity contribution is 5.91. The molecule has 1 heterocycles. The molecule has 1 aliphatic rings. The number of carbonyl (C=O) groups excluding carboxylic acids is 2. The SMILES string of the molecule is COc1ccc(OC)c(C2CCCN2C(=O)COC(=O)c2ccc(C#N)cc2)c1. The maximum Gasteiger partial charge on any atom is 0.338 e. The van der Waals surface area contributed by atoms with E-state index in [1.807, 2.05) is 24.3 Å². The number of methoxy groups -OCH3 is 2. The molecule has 7 heteroatoms. The van der Waals surface area contributed by atoms with Gasteiger partial charge in [-0.15, -0.1) is 0 Å². The highest BCUT2D eigenvalue weighted by Gasteiger charge is 2.32. The van der Waals surface area contributed by atoms with Crippen molar-refractivity contribution in [3.8, 4) is 17.6 Å². The molecule has 0 bridgehead atoms. The molecule has 0 radical (unpaired) electrons.